The van der Waals surface area contributed by atoms with Crippen LogP contribution in [0, 0.1) is 6.92 Å². The zero-order valence-corrected chi connectivity index (χ0v) is 11.8. The Hall–Kier alpha value is -2.04. The second-order valence-corrected chi connectivity index (χ2v) is 5.06. The lowest BCUT2D eigenvalue weighted by atomic mass is 10.1. The number of ether oxygens (including phenoxy) is 1. The topological polar surface area (TPSA) is 66.8 Å². The number of benzene rings is 1. The molecule has 0 radical (unpaired) electrons. The number of aryl methyl sites for hydroxylation is 1. The van der Waals surface area contributed by atoms with E-state index in [9.17, 15) is 9.59 Å². The van der Waals surface area contributed by atoms with Crippen molar-refractivity contribution in [3.63, 3.8) is 0 Å². The van der Waals surface area contributed by atoms with Crippen molar-refractivity contribution < 1.29 is 19.4 Å². The predicted octanol–water partition coefficient (Wildman–Crippen LogP) is 1.62. The van der Waals surface area contributed by atoms with Crippen LogP contribution in [-0.2, 0) is 16.0 Å². The van der Waals surface area contributed by atoms with Gasteiger partial charge in [0.15, 0.2) is 0 Å². The molecule has 1 N–H and O–H groups in total. The summed E-state index contributed by atoms with van der Waals surface area (Å²) in [6.45, 7) is 2.45. The van der Waals surface area contributed by atoms with Crippen LogP contribution in [0.25, 0.3) is 0 Å². The lowest BCUT2D eigenvalue weighted by Crippen LogP contribution is -2.41. The van der Waals surface area contributed by atoms with Crippen molar-refractivity contribution in [3.05, 3.63) is 29.3 Å². The van der Waals surface area contributed by atoms with E-state index in [1.807, 2.05) is 25.1 Å². The summed E-state index contributed by atoms with van der Waals surface area (Å²) in [7, 11) is 1.61. The lowest BCUT2D eigenvalue weighted by molar-refractivity contribution is -0.148. The van der Waals surface area contributed by atoms with Gasteiger partial charge >= 0.3 is 5.97 Å². The van der Waals surface area contributed by atoms with Crippen molar-refractivity contribution in [1.29, 1.82) is 0 Å². The molecule has 0 saturated carbocycles. The van der Waals surface area contributed by atoms with Crippen molar-refractivity contribution in [2.45, 2.75) is 32.2 Å². The Balaban J connectivity index is 2.08. The van der Waals surface area contributed by atoms with Crippen molar-refractivity contribution in [3.8, 4) is 5.75 Å². The van der Waals surface area contributed by atoms with Crippen LogP contribution in [0.15, 0.2) is 18.2 Å². The van der Waals surface area contributed by atoms with Gasteiger partial charge < -0.3 is 14.7 Å². The third-order valence-corrected chi connectivity index (χ3v) is 3.67. The molecule has 1 aromatic carbocycles. The molecule has 20 heavy (non-hydrogen) atoms. The minimum Gasteiger partial charge on any atom is -0.496 e. The van der Waals surface area contributed by atoms with Crippen LogP contribution in [0.5, 0.6) is 5.75 Å². The third kappa shape index (κ3) is 2.92. The summed E-state index contributed by atoms with van der Waals surface area (Å²) in [5, 5.41) is 9.10. The number of carboxylic acids is 1. The largest absolute Gasteiger partial charge is 0.496 e. The maximum atomic E-state index is 12.2. The standard InChI is InChI=1S/C15H19NO4/c1-10-8-11(5-6-13(10)20-2)9-14(17)16-7-3-4-12(16)15(18)19/h5-6,8,12H,3-4,7,9H2,1-2H3,(H,18,19). The first-order chi connectivity index (χ1) is 9.52. The Morgan fingerprint density at radius 1 is 1.45 bits per heavy atom. The molecule has 1 heterocycles. The molecule has 1 aliphatic heterocycles. The van der Waals surface area contributed by atoms with Crippen LogP contribution in [0.2, 0.25) is 0 Å². The quantitative estimate of drug-likeness (QED) is 0.908. The first-order valence-corrected chi connectivity index (χ1v) is 6.68. The first-order valence-electron chi connectivity index (χ1n) is 6.68. The van der Waals surface area contributed by atoms with Gasteiger partial charge in [0.25, 0.3) is 0 Å². The van der Waals surface area contributed by atoms with Gasteiger partial charge in [-0.1, -0.05) is 12.1 Å². The maximum absolute atomic E-state index is 12.2. The van der Waals surface area contributed by atoms with E-state index in [2.05, 4.69) is 0 Å². The van der Waals surface area contributed by atoms with Crippen LogP contribution < -0.4 is 4.74 Å². The lowest BCUT2D eigenvalue weighted by Gasteiger charge is -2.21. The average Bonchev–Trinajstić information content (AvgIpc) is 2.88. The zero-order chi connectivity index (χ0) is 14.7. The van der Waals surface area contributed by atoms with Gasteiger partial charge in [0.1, 0.15) is 11.8 Å². The molecule has 5 nitrogen and oxygen atoms in total. The molecule has 5 heteroatoms. The van der Waals surface area contributed by atoms with E-state index in [1.165, 1.54) is 4.90 Å². The molecule has 1 atom stereocenters. The van der Waals surface area contributed by atoms with E-state index in [0.717, 1.165) is 23.3 Å². The van der Waals surface area contributed by atoms with E-state index in [1.54, 1.807) is 7.11 Å². The minimum absolute atomic E-state index is 0.125. The highest BCUT2D eigenvalue weighted by atomic mass is 16.5. The number of aliphatic carboxylic acids is 1. The van der Waals surface area contributed by atoms with Crippen molar-refractivity contribution in [2.75, 3.05) is 13.7 Å². The van der Waals surface area contributed by atoms with Gasteiger partial charge in [0.2, 0.25) is 5.91 Å². The summed E-state index contributed by atoms with van der Waals surface area (Å²) in [5.74, 6) is -0.257. The highest BCUT2D eigenvalue weighted by Crippen LogP contribution is 2.21. The van der Waals surface area contributed by atoms with Gasteiger partial charge in [-0.2, -0.15) is 0 Å². The summed E-state index contributed by atoms with van der Waals surface area (Å²) in [5.41, 5.74) is 1.85. The number of carbonyl (C=O) groups excluding carboxylic acids is 1. The molecular weight excluding hydrogens is 258 g/mol. The number of carboxylic acid groups (broad SMARTS) is 1. The van der Waals surface area contributed by atoms with E-state index in [0.29, 0.717) is 13.0 Å². The molecule has 1 unspecified atom stereocenters. The third-order valence-electron chi connectivity index (χ3n) is 3.67. The van der Waals surface area contributed by atoms with Crippen LogP contribution in [0.1, 0.15) is 24.0 Å². The van der Waals surface area contributed by atoms with Gasteiger partial charge in [-0.3, -0.25) is 4.79 Å². The fourth-order valence-corrected chi connectivity index (χ4v) is 2.65. The summed E-state index contributed by atoms with van der Waals surface area (Å²) < 4.78 is 5.18. The Bertz CT molecular complexity index is 527. The number of hydrogen-bond donors (Lipinski definition) is 1. The zero-order valence-electron chi connectivity index (χ0n) is 11.8. The van der Waals surface area contributed by atoms with E-state index >= 15 is 0 Å². The van der Waals surface area contributed by atoms with Gasteiger partial charge in [0, 0.05) is 6.54 Å². The van der Waals surface area contributed by atoms with Gasteiger partial charge in [-0.25, -0.2) is 4.79 Å². The van der Waals surface area contributed by atoms with Crippen molar-refractivity contribution in [1.82, 2.24) is 4.90 Å². The number of rotatable bonds is 4. The summed E-state index contributed by atoms with van der Waals surface area (Å²) >= 11 is 0. The van der Waals surface area contributed by atoms with E-state index in [-0.39, 0.29) is 12.3 Å². The smallest absolute Gasteiger partial charge is 0.326 e. The van der Waals surface area contributed by atoms with Gasteiger partial charge in [-0.05, 0) is 37.0 Å². The number of methoxy groups -OCH3 is 1. The molecule has 0 aromatic heterocycles. The Morgan fingerprint density at radius 2 is 2.20 bits per heavy atom. The van der Waals surface area contributed by atoms with E-state index < -0.39 is 12.0 Å². The number of hydrogen-bond acceptors (Lipinski definition) is 3. The van der Waals surface area contributed by atoms with Crippen molar-refractivity contribution >= 4 is 11.9 Å². The van der Waals surface area contributed by atoms with E-state index in [4.69, 9.17) is 9.84 Å². The summed E-state index contributed by atoms with van der Waals surface area (Å²) in [6.07, 6.45) is 1.53. The highest BCUT2D eigenvalue weighted by Gasteiger charge is 2.33. The Labute approximate surface area is 118 Å². The molecule has 0 spiro atoms. The monoisotopic (exact) mass is 277 g/mol. The SMILES string of the molecule is COc1ccc(CC(=O)N2CCCC2C(=O)O)cc1C. The Kier molecular flexibility index (Phi) is 4.27. The molecule has 1 aromatic rings. The molecule has 2 rings (SSSR count). The molecule has 0 aliphatic carbocycles. The normalized spacial score (nSPS) is 18.1. The minimum atomic E-state index is -0.915. The number of carbonyl (C=O) groups is 2. The molecular formula is C15H19NO4. The Morgan fingerprint density at radius 3 is 2.80 bits per heavy atom. The predicted molar refractivity (Wildman–Crippen MR) is 73.8 cm³/mol. The molecule has 1 saturated heterocycles. The van der Waals surface area contributed by atoms with Crippen LogP contribution in [0.3, 0.4) is 0 Å². The maximum Gasteiger partial charge on any atom is 0.326 e. The number of amides is 1. The molecule has 1 aliphatic rings. The first kappa shape index (κ1) is 14.4. The second-order valence-electron chi connectivity index (χ2n) is 5.06. The van der Waals surface area contributed by atoms with Crippen LogP contribution >= 0.6 is 0 Å². The molecule has 0 bridgehead atoms. The molecule has 1 fully saturated rings. The molecule has 108 valence electrons. The van der Waals surface area contributed by atoms with Crippen LogP contribution in [-0.4, -0.2) is 41.6 Å². The van der Waals surface area contributed by atoms with Gasteiger partial charge in [-0.15, -0.1) is 0 Å². The molecule has 1 amide bonds. The average molecular weight is 277 g/mol. The number of nitrogens with zero attached hydrogens (tertiary/aromatic N) is 1. The van der Waals surface area contributed by atoms with Gasteiger partial charge in [0.05, 0.1) is 13.5 Å². The van der Waals surface area contributed by atoms with Crippen LogP contribution in [0.4, 0.5) is 0 Å². The van der Waals surface area contributed by atoms with Crippen molar-refractivity contribution in [2.24, 2.45) is 0 Å². The summed E-state index contributed by atoms with van der Waals surface area (Å²) in [6, 6.07) is 4.91. The number of likely N-dealkylation sites (tertiary alicyclic amines) is 1. The summed E-state index contributed by atoms with van der Waals surface area (Å²) in [4.78, 5) is 24.8. The second kappa shape index (κ2) is 5.94. The highest BCUT2D eigenvalue weighted by molar-refractivity contribution is 5.85. The fourth-order valence-electron chi connectivity index (χ4n) is 2.65. The fraction of sp³-hybridized carbons (Fsp3) is 0.467.